The first kappa shape index (κ1) is 28.0. The molecular weight excluding hydrogens is 460 g/mol. The van der Waals surface area contributed by atoms with Crippen molar-refractivity contribution in [3.8, 4) is 5.75 Å². The van der Waals surface area contributed by atoms with Crippen molar-refractivity contribution in [3.63, 3.8) is 0 Å². The normalized spacial score (nSPS) is 13.0. The lowest BCUT2D eigenvalue weighted by molar-refractivity contribution is 0.0422. The monoisotopic (exact) mass is 493 g/mol. The Morgan fingerprint density at radius 3 is 2.31 bits per heavy atom. The van der Waals surface area contributed by atoms with Gasteiger partial charge in [-0.2, -0.15) is 0 Å². The largest absolute Gasteiger partial charge is 0.444 e. The van der Waals surface area contributed by atoms with E-state index < -0.39 is 41.6 Å². The van der Waals surface area contributed by atoms with Gasteiger partial charge in [0.25, 0.3) is 0 Å². The SMILES string of the molecule is CN(C)C(=O)Oc1cccc(CNC[C@@H](O)[C@H](Cc2cc(F)cc(F)c2)NC(=O)OC(C)(C)C)c1. The molecule has 2 atom stereocenters. The summed E-state index contributed by atoms with van der Waals surface area (Å²) in [7, 11) is 3.16. The minimum Gasteiger partial charge on any atom is -0.444 e. The van der Waals surface area contributed by atoms with Crippen molar-refractivity contribution in [2.24, 2.45) is 0 Å². The second-order valence-electron chi connectivity index (χ2n) is 9.34. The molecule has 2 aromatic rings. The highest BCUT2D eigenvalue weighted by Crippen LogP contribution is 2.15. The number of ether oxygens (including phenoxy) is 2. The van der Waals surface area contributed by atoms with Crippen LogP contribution < -0.4 is 15.4 Å². The second kappa shape index (κ2) is 12.5. The summed E-state index contributed by atoms with van der Waals surface area (Å²) in [4.78, 5) is 25.3. The lowest BCUT2D eigenvalue weighted by Gasteiger charge is -2.27. The average Bonchev–Trinajstić information content (AvgIpc) is 2.71. The van der Waals surface area contributed by atoms with Crippen LogP contribution >= 0.6 is 0 Å². The number of nitrogens with one attached hydrogen (secondary N) is 2. The molecule has 0 radical (unpaired) electrons. The van der Waals surface area contributed by atoms with E-state index in [2.05, 4.69) is 10.6 Å². The van der Waals surface area contributed by atoms with Gasteiger partial charge in [0.2, 0.25) is 0 Å². The van der Waals surface area contributed by atoms with Crippen LogP contribution in [-0.2, 0) is 17.7 Å². The van der Waals surface area contributed by atoms with Crippen molar-refractivity contribution in [1.82, 2.24) is 15.5 Å². The molecular formula is C25H33F2N3O5. The Morgan fingerprint density at radius 2 is 1.71 bits per heavy atom. The molecule has 0 saturated heterocycles. The first-order chi connectivity index (χ1) is 16.3. The molecule has 2 aromatic carbocycles. The summed E-state index contributed by atoms with van der Waals surface area (Å²) in [6.45, 7) is 5.49. The number of amides is 2. The summed E-state index contributed by atoms with van der Waals surface area (Å²) < 4.78 is 37.8. The van der Waals surface area contributed by atoms with Gasteiger partial charge in [-0.05, 0) is 62.6 Å². The van der Waals surface area contributed by atoms with Gasteiger partial charge in [-0.1, -0.05) is 12.1 Å². The third-order valence-corrected chi connectivity index (χ3v) is 4.70. The number of alkyl carbamates (subject to hydrolysis) is 1. The highest BCUT2D eigenvalue weighted by Gasteiger charge is 2.25. The van der Waals surface area contributed by atoms with Crippen LogP contribution in [0.15, 0.2) is 42.5 Å². The van der Waals surface area contributed by atoms with Gasteiger partial charge in [-0.25, -0.2) is 18.4 Å². The zero-order chi connectivity index (χ0) is 26.2. The van der Waals surface area contributed by atoms with Crippen molar-refractivity contribution in [1.29, 1.82) is 0 Å². The number of nitrogens with zero attached hydrogens (tertiary/aromatic N) is 1. The van der Waals surface area contributed by atoms with E-state index in [0.29, 0.717) is 12.3 Å². The minimum atomic E-state index is -1.11. The van der Waals surface area contributed by atoms with E-state index in [-0.39, 0.29) is 18.5 Å². The summed E-state index contributed by atoms with van der Waals surface area (Å²) in [6.07, 6.45) is -2.39. The van der Waals surface area contributed by atoms with Gasteiger partial charge in [-0.3, -0.25) is 0 Å². The van der Waals surface area contributed by atoms with Crippen LogP contribution in [0.1, 0.15) is 31.9 Å². The Kier molecular flexibility index (Phi) is 9.97. The van der Waals surface area contributed by atoms with Gasteiger partial charge in [0.1, 0.15) is 23.0 Å². The van der Waals surface area contributed by atoms with Crippen LogP contribution in [0.5, 0.6) is 5.75 Å². The first-order valence-corrected chi connectivity index (χ1v) is 11.1. The standard InChI is InChI=1S/C25H33F2N3O5/c1-25(2,3)35-23(32)29-21(12-17-9-18(26)13-19(27)10-17)22(31)15-28-14-16-7-6-8-20(11-16)34-24(33)30(4)5/h6-11,13,21-22,28,31H,12,14-15H2,1-5H3,(H,29,32)/t21-,22+/m0/s1. The van der Waals surface area contributed by atoms with E-state index in [1.807, 2.05) is 6.07 Å². The molecule has 0 fully saturated rings. The fraction of sp³-hybridized carbons (Fsp3) is 0.440. The fourth-order valence-electron chi connectivity index (χ4n) is 3.14. The van der Waals surface area contributed by atoms with Gasteiger partial charge < -0.3 is 30.1 Å². The highest BCUT2D eigenvalue weighted by molar-refractivity contribution is 5.70. The van der Waals surface area contributed by atoms with Crippen molar-refractivity contribution in [3.05, 3.63) is 65.2 Å². The predicted molar refractivity (Wildman–Crippen MR) is 127 cm³/mol. The number of carbonyl (C=O) groups is 2. The van der Waals surface area contributed by atoms with Gasteiger partial charge >= 0.3 is 12.2 Å². The van der Waals surface area contributed by atoms with Crippen LogP contribution in [0.3, 0.4) is 0 Å². The van der Waals surface area contributed by atoms with Crippen LogP contribution in [0.2, 0.25) is 0 Å². The molecule has 0 aliphatic rings. The molecule has 0 heterocycles. The molecule has 2 rings (SSSR count). The first-order valence-electron chi connectivity index (χ1n) is 11.1. The van der Waals surface area contributed by atoms with Crippen LogP contribution in [0, 0.1) is 11.6 Å². The molecule has 0 spiro atoms. The number of benzene rings is 2. The van der Waals surface area contributed by atoms with Gasteiger partial charge in [-0.15, -0.1) is 0 Å². The fourth-order valence-corrected chi connectivity index (χ4v) is 3.14. The molecule has 192 valence electrons. The number of hydrogen-bond donors (Lipinski definition) is 3. The number of aliphatic hydroxyl groups excluding tert-OH is 1. The predicted octanol–water partition coefficient (Wildman–Crippen LogP) is 3.61. The Morgan fingerprint density at radius 1 is 1.06 bits per heavy atom. The smallest absolute Gasteiger partial charge is 0.414 e. The zero-order valence-electron chi connectivity index (χ0n) is 20.6. The Labute approximate surface area is 204 Å². The van der Waals surface area contributed by atoms with E-state index in [4.69, 9.17) is 9.47 Å². The van der Waals surface area contributed by atoms with Gasteiger partial charge in [0, 0.05) is 33.3 Å². The third kappa shape index (κ3) is 10.3. The van der Waals surface area contributed by atoms with Crippen LogP contribution in [-0.4, -0.2) is 60.6 Å². The topological polar surface area (TPSA) is 100 Å². The third-order valence-electron chi connectivity index (χ3n) is 4.70. The summed E-state index contributed by atoms with van der Waals surface area (Å²) >= 11 is 0. The van der Waals surface area contributed by atoms with Crippen molar-refractivity contribution in [2.45, 2.75) is 51.5 Å². The minimum absolute atomic E-state index is 0.0211. The van der Waals surface area contributed by atoms with E-state index in [1.54, 1.807) is 53.1 Å². The number of aliphatic hydroxyl groups is 1. The van der Waals surface area contributed by atoms with Gasteiger partial charge in [0.15, 0.2) is 0 Å². The maximum absolute atomic E-state index is 13.6. The lowest BCUT2D eigenvalue weighted by atomic mass is 10.0. The number of halogens is 2. The quantitative estimate of drug-likeness (QED) is 0.494. The average molecular weight is 494 g/mol. The Hall–Kier alpha value is -3.24. The molecule has 0 aliphatic heterocycles. The summed E-state index contributed by atoms with van der Waals surface area (Å²) in [5, 5.41) is 16.4. The molecule has 0 aliphatic carbocycles. The van der Waals surface area contributed by atoms with Crippen molar-refractivity contribution < 1.29 is 33.0 Å². The summed E-state index contributed by atoms with van der Waals surface area (Å²) in [5.74, 6) is -1.13. The highest BCUT2D eigenvalue weighted by atomic mass is 19.1. The second-order valence-corrected chi connectivity index (χ2v) is 9.34. The van der Waals surface area contributed by atoms with E-state index in [0.717, 1.165) is 23.8 Å². The maximum Gasteiger partial charge on any atom is 0.414 e. The number of carbonyl (C=O) groups excluding carboxylic acids is 2. The molecule has 3 N–H and O–H groups in total. The summed E-state index contributed by atoms with van der Waals surface area (Å²) in [5.41, 5.74) is 0.312. The molecule has 8 nitrogen and oxygen atoms in total. The molecule has 10 heteroatoms. The molecule has 2 amide bonds. The molecule has 0 aromatic heterocycles. The molecule has 0 bridgehead atoms. The molecule has 35 heavy (non-hydrogen) atoms. The van der Waals surface area contributed by atoms with E-state index in [9.17, 15) is 23.5 Å². The van der Waals surface area contributed by atoms with Crippen LogP contribution in [0.25, 0.3) is 0 Å². The molecule has 0 unspecified atom stereocenters. The van der Waals surface area contributed by atoms with E-state index >= 15 is 0 Å². The molecule has 0 saturated carbocycles. The van der Waals surface area contributed by atoms with Crippen LogP contribution in [0.4, 0.5) is 18.4 Å². The van der Waals surface area contributed by atoms with Crippen molar-refractivity contribution in [2.75, 3.05) is 20.6 Å². The number of hydrogen-bond acceptors (Lipinski definition) is 6. The Bertz CT molecular complexity index is 991. The zero-order valence-corrected chi connectivity index (χ0v) is 20.6. The maximum atomic E-state index is 13.6. The number of rotatable bonds is 9. The van der Waals surface area contributed by atoms with Gasteiger partial charge in [0.05, 0.1) is 12.1 Å². The van der Waals surface area contributed by atoms with E-state index in [1.165, 1.54) is 4.90 Å². The summed E-state index contributed by atoms with van der Waals surface area (Å²) in [6, 6.07) is 9.05. The lowest BCUT2D eigenvalue weighted by Crippen LogP contribution is -2.49. The van der Waals surface area contributed by atoms with Crippen molar-refractivity contribution >= 4 is 12.2 Å². The Balaban J connectivity index is 2.04.